The Hall–Kier alpha value is -3.36. The van der Waals surface area contributed by atoms with Crippen molar-refractivity contribution in [1.82, 2.24) is 9.62 Å². The van der Waals surface area contributed by atoms with Crippen molar-refractivity contribution in [3.63, 3.8) is 0 Å². The largest absolute Gasteiger partial charge is 0.481 e. The van der Waals surface area contributed by atoms with E-state index >= 15 is 0 Å². The second-order valence-electron chi connectivity index (χ2n) is 9.85. The van der Waals surface area contributed by atoms with Gasteiger partial charge < -0.3 is 26.4 Å². The van der Waals surface area contributed by atoms with Gasteiger partial charge in [-0.05, 0) is 62.1 Å². The molecule has 1 aliphatic rings. The van der Waals surface area contributed by atoms with Crippen molar-refractivity contribution in [2.24, 2.45) is 16.7 Å². The van der Waals surface area contributed by atoms with Crippen LogP contribution in [-0.2, 0) is 20.7 Å². The molecule has 230 valence electrons. The molecule has 1 heterocycles. The molecule has 1 unspecified atom stereocenters. The van der Waals surface area contributed by atoms with E-state index in [0.717, 1.165) is 35.4 Å². The van der Waals surface area contributed by atoms with Crippen LogP contribution in [0.25, 0.3) is 5.57 Å². The van der Waals surface area contributed by atoms with Crippen molar-refractivity contribution >= 4 is 45.5 Å². The summed E-state index contributed by atoms with van der Waals surface area (Å²) < 4.78 is 33.9. The number of nitrogens with zero attached hydrogens (tertiary/aromatic N) is 2. The molecule has 1 aliphatic heterocycles. The number of rotatable bonds is 14. The topological polar surface area (TPSA) is 171 Å². The van der Waals surface area contributed by atoms with Crippen LogP contribution in [0.1, 0.15) is 37.5 Å². The SMILES string of the molecule is C=C/C(=C\C(NS(=O)O)=C(/N)OC)c1cc(C)c(/C=N\N)c(NC(=C)/C(C)=C/CSC(=N)CN2C[C@@H](C)O[C@@H](C)C2)c1. The van der Waals surface area contributed by atoms with Gasteiger partial charge in [0.25, 0.3) is 11.3 Å². The average molecular weight is 618 g/mol. The Kier molecular flexibility index (Phi) is 14.0. The van der Waals surface area contributed by atoms with E-state index in [-0.39, 0.29) is 23.8 Å². The zero-order chi connectivity index (χ0) is 31.4. The quantitative estimate of drug-likeness (QED) is 0.0343. The maximum Gasteiger partial charge on any atom is 0.259 e. The molecular formula is C29H43N7O4S2. The molecule has 0 aliphatic carbocycles. The molecule has 0 amide bonds. The van der Waals surface area contributed by atoms with Crippen LogP contribution in [-0.4, -0.2) is 69.6 Å². The molecule has 42 heavy (non-hydrogen) atoms. The van der Waals surface area contributed by atoms with E-state index < -0.39 is 11.3 Å². The van der Waals surface area contributed by atoms with Gasteiger partial charge in [0.1, 0.15) is 5.70 Å². The fourth-order valence-corrected chi connectivity index (χ4v) is 5.55. The molecule has 0 radical (unpaired) electrons. The van der Waals surface area contributed by atoms with E-state index in [9.17, 15) is 8.76 Å². The molecule has 2 rings (SSSR count). The Labute approximate surface area is 255 Å². The number of hydrogen-bond donors (Lipinski definition) is 6. The highest BCUT2D eigenvalue weighted by Gasteiger charge is 2.22. The van der Waals surface area contributed by atoms with E-state index in [1.54, 1.807) is 18.4 Å². The second-order valence-corrected chi connectivity index (χ2v) is 11.7. The molecule has 0 aromatic heterocycles. The van der Waals surface area contributed by atoms with Gasteiger partial charge in [0.2, 0.25) is 5.88 Å². The summed E-state index contributed by atoms with van der Waals surface area (Å²) in [4.78, 5) is 2.26. The number of aryl methyl sites for hydroxylation is 1. The van der Waals surface area contributed by atoms with E-state index in [2.05, 4.69) is 47.0 Å². The summed E-state index contributed by atoms with van der Waals surface area (Å²) in [5, 5.41) is 16.1. The number of benzene rings is 1. The van der Waals surface area contributed by atoms with Gasteiger partial charge in [0.05, 0.1) is 30.6 Å². The van der Waals surface area contributed by atoms with E-state index in [4.69, 9.17) is 26.5 Å². The lowest BCUT2D eigenvalue weighted by Crippen LogP contribution is -2.46. The lowest BCUT2D eigenvalue weighted by atomic mass is 9.97. The van der Waals surface area contributed by atoms with Gasteiger partial charge in [0, 0.05) is 42.3 Å². The van der Waals surface area contributed by atoms with Crippen LogP contribution in [0.4, 0.5) is 5.69 Å². The standard InChI is InChI=1S/C29H43N7O4S2/c1-8-23(12-27(29(31)39-7)35-42(37)38)24-11-19(3)25(14-33-32)26(13-24)34-22(6)18(2)9-10-41-28(30)17-36-15-20(4)40-21(5)16-36/h8-9,11-14,20-21,30,34-35H,1,6,10,15-17,31-32H2,2-5,7H3,(H,37,38)/b18-9+,23-12+,29-27-,30-28?,33-14-/t20-,21+. The predicted octanol–water partition coefficient (Wildman–Crippen LogP) is 4.05. The number of thioether (sulfide) groups is 1. The lowest BCUT2D eigenvalue weighted by molar-refractivity contribution is -0.0633. The number of methoxy groups -OCH3 is 1. The third kappa shape index (κ3) is 10.8. The Morgan fingerprint density at radius 2 is 2.05 bits per heavy atom. The lowest BCUT2D eigenvalue weighted by Gasteiger charge is -2.35. The molecule has 13 heteroatoms. The highest BCUT2D eigenvalue weighted by Crippen LogP contribution is 2.29. The van der Waals surface area contributed by atoms with Crippen LogP contribution >= 0.6 is 11.8 Å². The van der Waals surface area contributed by atoms with Crippen molar-refractivity contribution in [3.05, 3.63) is 83.1 Å². The van der Waals surface area contributed by atoms with E-state index in [1.165, 1.54) is 18.9 Å². The van der Waals surface area contributed by atoms with Gasteiger partial charge in [-0.2, -0.15) is 5.10 Å². The summed E-state index contributed by atoms with van der Waals surface area (Å²) in [5.41, 5.74) is 11.3. The van der Waals surface area contributed by atoms with Crippen molar-refractivity contribution in [2.75, 3.05) is 37.8 Å². The summed E-state index contributed by atoms with van der Waals surface area (Å²) in [7, 11) is 1.36. The Balaban J connectivity index is 2.24. The van der Waals surface area contributed by atoms with E-state index in [0.29, 0.717) is 34.3 Å². The van der Waals surface area contributed by atoms with Crippen molar-refractivity contribution in [1.29, 1.82) is 5.41 Å². The number of ether oxygens (including phenoxy) is 2. The monoisotopic (exact) mass is 617 g/mol. The summed E-state index contributed by atoms with van der Waals surface area (Å²) in [6, 6.07) is 3.79. The van der Waals surface area contributed by atoms with E-state index in [1.807, 2.05) is 32.1 Å². The average Bonchev–Trinajstić information content (AvgIpc) is 2.91. The van der Waals surface area contributed by atoms with Gasteiger partial charge in [-0.1, -0.05) is 31.4 Å². The third-order valence-electron chi connectivity index (χ3n) is 6.40. The summed E-state index contributed by atoms with van der Waals surface area (Å²) in [5.74, 6) is 6.07. The van der Waals surface area contributed by atoms with Crippen LogP contribution in [0.2, 0.25) is 0 Å². The molecule has 0 spiro atoms. The molecule has 1 aromatic rings. The number of morpholine rings is 1. The van der Waals surface area contributed by atoms with Crippen LogP contribution in [0.15, 0.2) is 71.5 Å². The fourth-order valence-electron chi connectivity index (χ4n) is 4.40. The second kappa shape index (κ2) is 16.9. The van der Waals surface area contributed by atoms with Gasteiger partial charge in [-0.25, -0.2) is 4.21 Å². The molecule has 0 bridgehead atoms. The third-order valence-corrected chi connectivity index (χ3v) is 7.60. The minimum atomic E-state index is -2.36. The van der Waals surface area contributed by atoms with Gasteiger partial charge >= 0.3 is 0 Å². The van der Waals surface area contributed by atoms with Crippen LogP contribution in [0, 0.1) is 12.3 Å². The Morgan fingerprint density at radius 3 is 2.62 bits per heavy atom. The number of nitrogens with two attached hydrogens (primary N) is 2. The number of hydrogen-bond acceptors (Lipinski definition) is 10. The zero-order valence-corrected chi connectivity index (χ0v) is 26.5. The normalized spacial score (nSPS) is 19.7. The van der Waals surface area contributed by atoms with Crippen molar-refractivity contribution in [3.8, 4) is 0 Å². The first-order valence-corrected chi connectivity index (χ1v) is 15.3. The number of hydrazone groups is 1. The molecule has 11 nitrogen and oxygen atoms in total. The maximum atomic E-state index is 11.4. The van der Waals surface area contributed by atoms with Crippen molar-refractivity contribution < 1.29 is 18.2 Å². The Morgan fingerprint density at radius 1 is 1.38 bits per heavy atom. The zero-order valence-electron chi connectivity index (χ0n) is 24.9. The number of nitrogens with one attached hydrogen (secondary N) is 3. The first kappa shape index (κ1) is 34.8. The molecule has 1 fully saturated rings. The minimum absolute atomic E-state index is 0.0622. The van der Waals surface area contributed by atoms with Crippen LogP contribution in [0.5, 0.6) is 0 Å². The summed E-state index contributed by atoms with van der Waals surface area (Å²) in [6.07, 6.45) is 7.10. The fraction of sp³-hybridized carbons (Fsp3) is 0.379. The number of allylic oxidation sites excluding steroid dienone is 4. The van der Waals surface area contributed by atoms with Crippen LogP contribution in [0.3, 0.4) is 0 Å². The smallest absolute Gasteiger partial charge is 0.259 e. The first-order valence-electron chi connectivity index (χ1n) is 13.2. The van der Waals surface area contributed by atoms with Gasteiger partial charge in [-0.15, -0.1) is 11.8 Å². The van der Waals surface area contributed by atoms with Gasteiger partial charge in [0.15, 0.2) is 0 Å². The highest BCUT2D eigenvalue weighted by atomic mass is 32.2. The predicted molar refractivity (Wildman–Crippen MR) is 176 cm³/mol. The molecule has 3 atom stereocenters. The molecule has 1 saturated heterocycles. The summed E-state index contributed by atoms with van der Waals surface area (Å²) in [6.45, 7) is 18.4. The molecular weight excluding hydrogens is 574 g/mol. The summed E-state index contributed by atoms with van der Waals surface area (Å²) >= 11 is -0.872. The minimum Gasteiger partial charge on any atom is -0.481 e. The maximum absolute atomic E-state index is 11.4. The molecule has 1 aromatic carbocycles. The molecule has 8 N–H and O–H groups in total. The van der Waals surface area contributed by atoms with Crippen LogP contribution < -0.4 is 21.6 Å². The Bertz CT molecular complexity index is 1300. The number of anilines is 1. The van der Waals surface area contributed by atoms with Crippen molar-refractivity contribution in [2.45, 2.75) is 39.9 Å². The molecule has 0 saturated carbocycles. The first-order chi connectivity index (χ1) is 19.9. The highest BCUT2D eigenvalue weighted by molar-refractivity contribution is 8.14. The van der Waals surface area contributed by atoms with Gasteiger partial charge in [-0.3, -0.25) is 19.6 Å².